The Labute approximate surface area is 206 Å². The molecule has 5 rings (SSSR count). The predicted molar refractivity (Wildman–Crippen MR) is 138 cm³/mol. The maximum Gasteiger partial charge on any atom is 0.258 e. The number of nitrogens with zero attached hydrogens (tertiary/aromatic N) is 1. The Morgan fingerprint density at radius 2 is 1.74 bits per heavy atom. The number of carbonyl (C=O) groups is 2. The summed E-state index contributed by atoms with van der Waals surface area (Å²) in [6, 6.07) is 21.4. The molecule has 1 unspecified atom stereocenters. The number of ether oxygens (including phenoxy) is 1. The fourth-order valence-corrected chi connectivity index (χ4v) is 4.71. The Balaban J connectivity index is 1.36. The molecule has 1 saturated carbocycles. The van der Waals surface area contributed by atoms with E-state index in [2.05, 4.69) is 16.7 Å². The lowest BCUT2D eigenvalue weighted by Crippen LogP contribution is -2.32. The molecule has 1 fully saturated rings. The third-order valence-corrected chi connectivity index (χ3v) is 6.81. The molecular weight excluding hydrogens is 438 g/mol. The summed E-state index contributed by atoms with van der Waals surface area (Å²) in [6.45, 7) is 2.57. The van der Waals surface area contributed by atoms with Gasteiger partial charge in [-0.05, 0) is 92.3 Å². The highest BCUT2D eigenvalue weighted by Gasteiger charge is 2.31. The van der Waals surface area contributed by atoms with Gasteiger partial charge in [-0.15, -0.1) is 0 Å². The van der Waals surface area contributed by atoms with E-state index in [1.807, 2.05) is 42.2 Å². The summed E-state index contributed by atoms with van der Waals surface area (Å²) < 4.78 is 5.49. The summed E-state index contributed by atoms with van der Waals surface area (Å²) in [5.74, 6) is 0.599. The zero-order valence-corrected chi connectivity index (χ0v) is 20.2. The smallest absolute Gasteiger partial charge is 0.258 e. The molecule has 0 saturated heterocycles. The van der Waals surface area contributed by atoms with Crippen LogP contribution in [0.15, 0.2) is 66.7 Å². The van der Waals surface area contributed by atoms with Gasteiger partial charge >= 0.3 is 0 Å². The molecule has 0 aromatic heterocycles. The van der Waals surface area contributed by atoms with E-state index < -0.39 is 0 Å². The summed E-state index contributed by atoms with van der Waals surface area (Å²) in [5, 5.41) is 6.68. The molecule has 2 aliphatic rings. The molecule has 3 aromatic rings. The van der Waals surface area contributed by atoms with Gasteiger partial charge in [0.1, 0.15) is 5.75 Å². The third-order valence-electron chi connectivity index (χ3n) is 6.81. The van der Waals surface area contributed by atoms with Crippen molar-refractivity contribution in [3.8, 4) is 5.75 Å². The van der Waals surface area contributed by atoms with Gasteiger partial charge in [-0.3, -0.25) is 9.59 Å². The summed E-state index contributed by atoms with van der Waals surface area (Å²) in [5.41, 5.74) is 4.85. The molecule has 1 aliphatic carbocycles. The molecule has 2 amide bonds. The second-order valence-electron chi connectivity index (χ2n) is 9.36. The third kappa shape index (κ3) is 5.08. The Morgan fingerprint density at radius 1 is 0.971 bits per heavy atom. The van der Waals surface area contributed by atoms with E-state index in [1.165, 1.54) is 12.8 Å². The van der Waals surface area contributed by atoms with E-state index in [-0.39, 0.29) is 17.9 Å². The maximum atomic E-state index is 13.6. The van der Waals surface area contributed by atoms with E-state index in [1.54, 1.807) is 37.4 Å². The lowest BCUT2D eigenvalue weighted by atomic mass is 10.0. The van der Waals surface area contributed by atoms with Crippen molar-refractivity contribution >= 4 is 23.2 Å². The summed E-state index contributed by atoms with van der Waals surface area (Å²) in [4.78, 5) is 28.1. The van der Waals surface area contributed by atoms with Crippen LogP contribution in [0.3, 0.4) is 0 Å². The minimum Gasteiger partial charge on any atom is -0.497 e. The van der Waals surface area contributed by atoms with Crippen molar-refractivity contribution < 1.29 is 14.3 Å². The van der Waals surface area contributed by atoms with Gasteiger partial charge in [0, 0.05) is 41.1 Å². The molecule has 6 heteroatoms. The van der Waals surface area contributed by atoms with Crippen LogP contribution in [-0.2, 0) is 0 Å². The minimum absolute atomic E-state index is 0.0414. The fraction of sp³-hybridized carbons (Fsp3) is 0.310. The zero-order valence-electron chi connectivity index (χ0n) is 20.2. The van der Waals surface area contributed by atoms with E-state index in [0.717, 1.165) is 35.4 Å². The Hall–Kier alpha value is -3.64. The van der Waals surface area contributed by atoms with Crippen LogP contribution in [0.5, 0.6) is 5.75 Å². The molecule has 6 nitrogen and oxygen atoms in total. The van der Waals surface area contributed by atoms with Crippen molar-refractivity contribution in [3.05, 3.63) is 89.0 Å². The van der Waals surface area contributed by atoms with E-state index in [0.29, 0.717) is 29.4 Å². The second kappa shape index (κ2) is 9.92. The number of benzene rings is 3. The number of rotatable bonds is 6. The number of amides is 2. The first-order chi connectivity index (χ1) is 17.0. The summed E-state index contributed by atoms with van der Waals surface area (Å²) >= 11 is 0. The van der Waals surface area contributed by atoms with Gasteiger partial charge in [0.05, 0.1) is 7.11 Å². The SMILES string of the molecule is COc1ccc2c(c1)C(NC1CC1)CCCN2C(=O)c1ccc(NC(=O)c2ccccc2C)cc1. The number of hydrogen-bond acceptors (Lipinski definition) is 4. The minimum atomic E-state index is -0.160. The van der Waals surface area contributed by atoms with Crippen molar-refractivity contribution in [1.29, 1.82) is 0 Å². The molecule has 35 heavy (non-hydrogen) atoms. The second-order valence-corrected chi connectivity index (χ2v) is 9.36. The van der Waals surface area contributed by atoms with E-state index in [9.17, 15) is 9.59 Å². The number of fused-ring (bicyclic) bond motifs is 1. The Bertz CT molecular complexity index is 1230. The first-order valence-electron chi connectivity index (χ1n) is 12.3. The highest BCUT2D eigenvalue weighted by atomic mass is 16.5. The molecule has 3 aromatic carbocycles. The Morgan fingerprint density at radius 3 is 2.46 bits per heavy atom. The van der Waals surface area contributed by atoms with Gasteiger partial charge < -0.3 is 20.3 Å². The molecule has 1 atom stereocenters. The maximum absolute atomic E-state index is 13.6. The van der Waals surface area contributed by atoms with Crippen LogP contribution in [0.4, 0.5) is 11.4 Å². The van der Waals surface area contributed by atoms with Crippen LogP contribution in [0.2, 0.25) is 0 Å². The number of aryl methyl sites for hydroxylation is 1. The number of nitrogens with one attached hydrogen (secondary N) is 2. The van der Waals surface area contributed by atoms with E-state index in [4.69, 9.17) is 4.74 Å². The van der Waals surface area contributed by atoms with Gasteiger partial charge in [0.15, 0.2) is 0 Å². The van der Waals surface area contributed by atoms with Gasteiger partial charge in [-0.1, -0.05) is 18.2 Å². The molecule has 180 valence electrons. The van der Waals surface area contributed by atoms with Gasteiger partial charge in [-0.2, -0.15) is 0 Å². The van der Waals surface area contributed by atoms with Crippen LogP contribution in [0, 0.1) is 6.92 Å². The zero-order chi connectivity index (χ0) is 24.4. The first kappa shape index (κ1) is 23.1. The predicted octanol–water partition coefficient (Wildman–Crippen LogP) is 5.49. The lowest BCUT2D eigenvalue weighted by Gasteiger charge is -2.25. The van der Waals surface area contributed by atoms with Crippen LogP contribution >= 0.6 is 0 Å². The highest BCUT2D eigenvalue weighted by Crippen LogP contribution is 2.38. The van der Waals surface area contributed by atoms with Gasteiger partial charge in [0.2, 0.25) is 0 Å². The van der Waals surface area contributed by atoms with Crippen molar-refractivity contribution in [1.82, 2.24) is 5.32 Å². The normalized spacial score (nSPS) is 17.3. The van der Waals surface area contributed by atoms with Crippen LogP contribution < -0.4 is 20.3 Å². The standard InChI is InChI=1S/C29H31N3O3/c1-19-6-3-4-7-24(19)28(33)31-22-11-9-20(10-12-22)29(34)32-17-5-8-26(30-21-13-14-21)25-18-23(35-2)15-16-27(25)32/h3-4,6-7,9-12,15-16,18,21,26,30H,5,8,13-14,17H2,1-2H3,(H,31,33). The monoisotopic (exact) mass is 469 g/mol. The molecular formula is C29H31N3O3. The molecule has 1 aliphatic heterocycles. The summed E-state index contributed by atoms with van der Waals surface area (Å²) in [7, 11) is 1.67. The lowest BCUT2D eigenvalue weighted by molar-refractivity contribution is 0.0985. The number of carbonyl (C=O) groups excluding carboxylic acids is 2. The fourth-order valence-electron chi connectivity index (χ4n) is 4.71. The van der Waals surface area contributed by atoms with Crippen LogP contribution in [0.1, 0.15) is 63.6 Å². The van der Waals surface area contributed by atoms with Crippen molar-refractivity contribution in [3.63, 3.8) is 0 Å². The summed E-state index contributed by atoms with van der Waals surface area (Å²) in [6.07, 6.45) is 4.32. The van der Waals surface area contributed by atoms with Crippen molar-refractivity contribution in [2.24, 2.45) is 0 Å². The number of methoxy groups -OCH3 is 1. The van der Waals surface area contributed by atoms with E-state index >= 15 is 0 Å². The van der Waals surface area contributed by atoms with Crippen molar-refractivity contribution in [2.75, 3.05) is 23.9 Å². The average molecular weight is 470 g/mol. The number of hydrogen-bond donors (Lipinski definition) is 2. The molecule has 1 heterocycles. The molecule has 2 N–H and O–H groups in total. The average Bonchev–Trinajstić information content (AvgIpc) is 3.71. The number of anilines is 2. The molecule has 0 radical (unpaired) electrons. The topological polar surface area (TPSA) is 70.7 Å². The van der Waals surface area contributed by atoms with Crippen LogP contribution in [-0.4, -0.2) is 31.5 Å². The first-order valence-corrected chi connectivity index (χ1v) is 12.3. The molecule has 0 spiro atoms. The van der Waals surface area contributed by atoms with Gasteiger partial charge in [-0.25, -0.2) is 0 Å². The van der Waals surface area contributed by atoms with Crippen molar-refractivity contribution in [2.45, 2.75) is 44.7 Å². The Kier molecular flexibility index (Phi) is 6.55. The quantitative estimate of drug-likeness (QED) is 0.501. The van der Waals surface area contributed by atoms with Crippen LogP contribution in [0.25, 0.3) is 0 Å². The van der Waals surface area contributed by atoms with Gasteiger partial charge in [0.25, 0.3) is 11.8 Å². The largest absolute Gasteiger partial charge is 0.497 e. The molecule has 0 bridgehead atoms. The highest BCUT2D eigenvalue weighted by molar-refractivity contribution is 6.08.